The zero-order valence-corrected chi connectivity index (χ0v) is 13.5. The number of hydrogen-bond acceptors (Lipinski definition) is 6. The third-order valence-corrected chi connectivity index (χ3v) is 4.71. The number of anilines is 1. The van der Waals surface area contributed by atoms with Crippen molar-refractivity contribution >= 4 is 11.6 Å². The van der Waals surface area contributed by atoms with Crippen molar-refractivity contribution in [2.24, 2.45) is 0 Å². The number of carbonyl (C=O) groups excluding carboxylic acids is 1. The summed E-state index contributed by atoms with van der Waals surface area (Å²) in [5, 5.41) is 4.24. The minimum absolute atomic E-state index is 0.00371. The molecule has 0 radical (unpaired) electrons. The van der Waals surface area contributed by atoms with E-state index in [1.54, 1.807) is 4.90 Å². The van der Waals surface area contributed by atoms with E-state index in [0.29, 0.717) is 18.8 Å². The van der Waals surface area contributed by atoms with Crippen molar-refractivity contribution in [3.05, 3.63) is 16.6 Å². The highest BCUT2D eigenvalue weighted by Crippen LogP contribution is 2.30. The van der Waals surface area contributed by atoms with E-state index in [9.17, 15) is 9.59 Å². The fraction of sp³-hybridized carbons (Fsp3) is 0.688. The minimum atomic E-state index is -0.357. The fourth-order valence-electron chi connectivity index (χ4n) is 3.43. The molecule has 24 heavy (non-hydrogen) atoms. The molecule has 0 saturated carbocycles. The Morgan fingerprint density at radius 1 is 1.12 bits per heavy atom. The zero-order valence-electron chi connectivity index (χ0n) is 13.5. The lowest BCUT2D eigenvalue weighted by molar-refractivity contribution is -0.121. The van der Waals surface area contributed by atoms with Crippen molar-refractivity contribution in [1.29, 1.82) is 0 Å². The van der Waals surface area contributed by atoms with Crippen molar-refractivity contribution in [3.8, 4) is 5.75 Å². The van der Waals surface area contributed by atoms with Crippen LogP contribution in [0.3, 0.4) is 0 Å². The Kier molecular flexibility index (Phi) is 4.24. The number of amides is 1. The Balaban J connectivity index is 1.64. The smallest absolute Gasteiger partial charge is 0.313 e. The lowest BCUT2D eigenvalue weighted by Gasteiger charge is -2.31. The van der Waals surface area contributed by atoms with Gasteiger partial charge in [0.05, 0.1) is 18.8 Å². The maximum absolute atomic E-state index is 12.7. The van der Waals surface area contributed by atoms with Gasteiger partial charge in [-0.3, -0.25) is 9.59 Å². The fourth-order valence-corrected chi connectivity index (χ4v) is 3.43. The predicted molar refractivity (Wildman–Crippen MR) is 84.2 cm³/mol. The molecule has 3 aliphatic heterocycles. The summed E-state index contributed by atoms with van der Waals surface area (Å²) in [6.07, 6.45) is 5.84. The Morgan fingerprint density at radius 3 is 2.75 bits per heavy atom. The van der Waals surface area contributed by atoms with Crippen LogP contribution in [0.15, 0.2) is 11.0 Å². The second kappa shape index (κ2) is 6.52. The SMILES string of the molecule is O=C1COc2c(cnn(C3CCCCO3)c2=O)N1CC1CCCO1. The van der Waals surface area contributed by atoms with Crippen LogP contribution in [0.2, 0.25) is 0 Å². The monoisotopic (exact) mass is 335 g/mol. The van der Waals surface area contributed by atoms with Crippen LogP contribution in [-0.4, -0.2) is 48.2 Å². The van der Waals surface area contributed by atoms with Crippen LogP contribution < -0.4 is 15.2 Å². The lowest BCUT2D eigenvalue weighted by Crippen LogP contribution is -2.45. The molecule has 1 aromatic heterocycles. The standard InChI is InChI=1S/C16H21N3O5/c20-13-10-24-15-12(18(13)9-11-4-3-7-22-11)8-17-19(16(15)21)14-5-1-2-6-23-14/h8,11,14H,1-7,9-10H2. The number of carbonyl (C=O) groups is 1. The molecule has 8 nitrogen and oxygen atoms in total. The van der Waals surface area contributed by atoms with E-state index in [2.05, 4.69) is 5.10 Å². The van der Waals surface area contributed by atoms with E-state index in [1.807, 2.05) is 0 Å². The number of ether oxygens (including phenoxy) is 3. The van der Waals surface area contributed by atoms with Crippen molar-refractivity contribution in [2.75, 3.05) is 31.3 Å². The molecule has 0 spiro atoms. The van der Waals surface area contributed by atoms with Gasteiger partial charge in [0.1, 0.15) is 5.69 Å². The molecule has 8 heteroatoms. The molecular weight excluding hydrogens is 314 g/mol. The van der Waals surface area contributed by atoms with Gasteiger partial charge in [0.25, 0.3) is 5.91 Å². The summed E-state index contributed by atoms with van der Waals surface area (Å²) in [5.74, 6) is 0.00244. The summed E-state index contributed by atoms with van der Waals surface area (Å²) >= 11 is 0. The first-order chi connectivity index (χ1) is 11.7. The third-order valence-electron chi connectivity index (χ3n) is 4.71. The van der Waals surface area contributed by atoms with Crippen LogP contribution in [0.4, 0.5) is 5.69 Å². The molecule has 4 rings (SSSR count). The predicted octanol–water partition coefficient (Wildman–Crippen LogP) is 0.847. The van der Waals surface area contributed by atoms with Gasteiger partial charge in [0.15, 0.2) is 12.8 Å². The molecule has 0 aliphatic carbocycles. The van der Waals surface area contributed by atoms with Crippen molar-refractivity contribution < 1.29 is 19.0 Å². The Bertz CT molecular complexity index is 677. The second-order valence-electron chi connectivity index (χ2n) is 6.36. The molecule has 0 bridgehead atoms. The molecule has 3 aliphatic rings. The summed E-state index contributed by atoms with van der Waals surface area (Å²) in [6.45, 7) is 1.64. The molecular formula is C16H21N3O5. The maximum Gasteiger partial charge on any atom is 0.313 e. The molecule has 2 unspecified atom stereocenters. The van der Waals surface area contributed by atoms with Crippen LogP contribution in [0, 0.1) is 0 Å². The van der Waals surface area contributed by atoms with Gasteiger partial charge in [-0.1, -0.05) is 0 Å². The molecule has 130 valence electrons. The highest BCUT2D eigenvalue weighted by atomic mass is 16.5. The van der Waals surface area contributed by atoms with E-state index < -0.39 is 0 Å². The first-order valence-electron chi connectivity index (χ1n) is 8.52. The zero-order chi connectivity index (χ0) is 16.5. The van der Waals surface area contributed by atoms with E-state index in [1.165, 1.54) is 10.9 Å². The number of aromatic nitrogens is 2. The molecule has 1 aromatic rings. The molecule has 1 amide bonds. The molecule has 0 N–H and O–H groups in total. The number of nitrogens with zero attached hydrogens (tertiary/aromatic N) is 3. The average Bonchev–Trinajstić information content (AvgIpc) is 3.12. The Hall–Kier alpha value is -1.93. The van der Waals surface area contributed by atoms with Gasteiger partial charge < -0.3 is 19.1 Å². The summed E-state index contributed by atoms with van der Waals surface area (Å²) in [4.78, 5) is 26.5. The van der Waals surface area contributed by atoms with Crippen LogP contribution in [0.1, 0.15) is 38.3 Å². The van der Waals surface area contributed by atoms with Gasteiger partial charge in [0.2, 0.25) is 5.75 Å². The van der Waals surface area contributed by atoms with Crippen molar-refractivity contribution in [1.82, 2.24) is 9.78 Å². The summed E-state index contributed by atoms with van der Waals surface area (Å²) in [6, 6.07) is 0. The first kappa shape index (κ1) is 15.6. The van der Waals surface area contributed by atoms with Crippen LogP contribution in [0.5, 0.6) is 5.75 Å². The summed E-state index contributed by atoms with van der Waals surface area (Å²) < 4.78 is 18.0. The van der Waals surface area contributed by atoms with Crippen molar-refractivity contribution in [3.63, 3.8) is 0 Å². The summed E-state index contributed by atoms with van der Waals surface area (Å²) in [5.41, 5.74) is 0.0862. The number of rotatable bonds is 3. The average molecular weight is 335 g/mol. The van der Waals surface area contributed by atoms with Gasteiger partial charge in [-0.2, -0.15) is 9.78 Å². The molecule has 2 saturated heterocycles. The van der Waals surface area contributed by atoms with E-state index >= 15 is 0 Å². The van der Waals surface area contributed by atoms with Gasteiger partial charge in [-0.25, -0.2) is 0 Å². The van der Waals surface area contributed by atoms with Gasteiger partial charge in [0, 0.05) is 13.2 Å². The van der Waals surface area contributed by atoms with E-state index in [4.69, 9.17) is 14.2 Å². The highest BCUT2D eigenvalue weighted by Gasteiger charge is 2.33. The summed E-state index contributed by atoms with van der Waals surface area (Å²) in [7, 11) is 0. The normalized spacial score (nSPS) is 27.0. The quantitative estimate of drug-likeness (QED) is 0.814. The Labute approximate surface area is 139 Å². The van der Waals surface area contributed by atoms with E-state index in [0.717, 1.165) is 38.7 Å². The van der Waals surface area contributed by atoms with Crippen LogP contribution >= 0.6 is 0 Å². The number of hydrogen-bond donors (Lipinski definition) is 0. The van der Waals surface area contributed by atoms with Crippen molar-refractivity contribution in [2.45, 2.75) is 44.4 Å². The highest BCUT2D eigenvalue weighted by molar-refractivity contribution is 5.97. The van der Waals surface area contributed by atoms with Crippen LogP contribution in [0.25, 0.3) is 0 Å². The third kappa shape index (κ3) is 2.80. The lowest BCUT2D eigenvalue weighted by atomic mass is 10.2. The molecule has 2 fully saturated rings. The second-order valence-corrected chi connectivity index (χ2v) is 6.36. The minimum Gasteiger partial charge on any atom is -0.476 e. The number of fused-ring (bicyclic) bond motifs is 1. The topological polar surface area (TPSA) is 82.9 Å². The van der Waals surface area contributed by atoms with Gasteiger partial charge in [-0.15, -0.1) is 0 Å². The Morgan fingerprint density at radius 2 is 2.00 bits per heavy atom. The first-order valence-corrected chi connectivity index (χ1v) is 8.52. The molecule has 0 aromatic carbocycles. The molecule has 2 atom stereocenters. The van der Waals surface area contributed by atoms with Gasteiger partial charge >= 0.3 is 5.56 Å². The largest absolute Gasteiger partial charge is 0.476 e. The molecule has 4 heterocycles. The van der Waals surface area contributed by atoms with Crippen LogP contribution in [-0.2, 0) is 14.3 Å². The van der Waals surface area contributed by atoms with Gasteiger partial charge in [-0.05, 0) is 32.1 Å². The maximum atomic E-state index is 12.7. The van der Waals surface area contributed by atoms with E-state index in [-0.39, 0.29) is 36.2 Å².